The van der Waals surface area contributed by atoms with Gasteiger partial charge >= 0.3 is 18.3 Å². The Morgan fingerprint density at radius 3 is 2.20 bits per heavy atom. The molecule has 0 heterocycles. The van der Waals surface area contributed by atoms with E-state index in [1.807, 2.05) is 30.7 Å². The van der Waals surface area contributed by atoms with Crippen LogP contribution in [0.2, 0.25) is 0 Å². The molecule has 2 aliphatic rings. The lowest BCUT2D eigenvalue weighted by atomic mass is 9.49. The van der Waals surface area contributed by atoms with E-state index in [0.29, 0.717) is 12.1 Å². The molecule has 2 N–H and O–H groups in total. The van der Waals surface area contributed by atoms with Crippen LogP contribution in [-0.4, -0.2) is 38.4 Å². The summed E-state index contributed by atoms with van der Waals surface area (Å²) in [6.07, 6.45) is -8.19. The summed E-state index contributed by atoms with van der Waals surface area (Å²) in [4.78, 5) is 16.7. The number of alkyl halides is 6. The highest BCUT2D eigenvalue weighted by atomic mass is 79.9. The van der Waals surface area contributed by atoms with Gasteiger partial charge in [-0.2, -0.15) is 26.3 Å². The topological polar surface area (TPSA) is 105 Å². The summed E-state index contributed by atoms with van der Waals surface area (Å²) in [5.74, 6) is -1.13. The van der Waals surface area contributed by atoms with E-state index >= 15 is 0 Å². The Hall–Kier alpha value is -2.65. The lowest BCUT2D eigenvalue weighted by Crippen LogP contribution is -2.53. The molecule has 0 radical (unpaired) electrons. The maximum atomic E-state index is 13.2. The van der Waals surface area contributed by atoms with Crippen LogP contribution < -0.4 is 4.72 Å². The van der Waals surface area contributed by atoms with Gasteiger partial charge in [-0.3, -0.25) is 4.79 Å². The maximum Gasteiger partial charge on any atom is 0.416 e. The van der Waals surface area contributed by atoms with Crippen molar-refractivity contribution < 1.29 is 49.5 Å². The fourth-order valence-corrected chi connectivity index (χ4v) is 8.43. The van der Waals surface area contributed by atoms with E-state index in [1.165, 1.54) is 0 Å². The summed E-state index contributed by atoms with van der Waals surface area (Å²) < 4.78 is 108. The smallest absolute Gasteiger partial charge is 0.416 e. The zero-order valence-corrected chi connectivity index (χ0v) is 27.3. The van der Waals surface area contributed by atoms with Crippen molar-refractivity contribution in [1.82, 2.24) is 4.72 Å². The summed E-state index contributed by atoms with van der Waals surface area (Å²) >= 11 is 3.66. The Balaban J connectivity index is 1.61. The number of nitrogens with one attached hydrogen (secondary N) is 1. The average molecular weight is 728 g/mol. The third kappa shape index (κ3) is 6.90. The molecule has 15 heteroatoms. The molecule has 0 unspecified atom stereocenters. The molecule has 0 bridgehead atoms. The molecule has 45 heavy (non-hydrogen) atoms. The first-order valence-corrected chi connectivity index (χ1v) is 16.4. The van der Waals surface area contributed by atoms with Crippen molar-refractivity contribution in [1.29, 1.82) is 0 Å². The Kier molecular flexibility index (Phi) is 9.53. The first-order chi connectivity index (χ1) is 20.6. The summed E-state index contributed by atoms with van der Waals surface area (Å²) in [6.45, 7) is 6.89. The van der Waals surface area contributed by atoms with Gasteiger partial charge in [0, 0.05) is 16.6 Å². The molecule has 2 aromatic carbocycles. The quantitative estimate of drug-likeness (QED) is 0.164. The van der Waals surface area contributed by atoms with Gasteiger partial charge in [-0.05, 0) is 84.9 Å². The second-order valence-corrected chi connectivity index (χ2v) is 15.0. The number of hydrogen-bond acceptors (Lipinski definition) is 5. The third-order valence-electron chi connectivity index (χ3n) is 9.03. The van der Waals surface area contributed by atoms with Crippen molar-refractivity contribution in [3.63, 3.8) is 0 Å². The third-order valence-corrected chi connectivity index (χ3v) is 11.2. The Labute approximate surface area is 265 Å². The minimum Gasteiger partial charge on any atom is -0.481 e. The number of hydrogen-bond donors (Lipinski definition) is 2. The minimum absolute atomic E-state index is 0.128. The molecule has 0 saturated heterocycles. The molecule has 2 aromatic rings. The number of fused-ring (bicyclic) bond motifs is 3. The molecule has 0 spiro atoms. The molecule has 0 amide bonds. The van der Waals surface area contributed by atoms with Gasteiger partial charge in [-0.15, -0.1) is 0 Å². The van der Waals surface area contributed by atoms with E-state index in [-0.39, 0.29) is 36.5 Å². The van der Waals surface area contributed by atoms with Gasteiger partial charge in [0.05, 0.1) is 27.1 Å². The summed E-state index contributed by atoms with van der Waals surface area (Å²) in [7, 11) is -4.80. The standard InChI is InChI=1S/C30H33BrF6N2O5S/c1-16(2)20-13-21-22(14-23(20)31)27(3)6-5-7-28(4,26(40)41)25(27)15-24(21)39-44-9-8-38-45(42,43)19-11-17(29(32,33)34)10-18(12-19)30(35,36)37/h10-14,16,25,38H,5-9,15H2,1-4H3,(H,40,41)/b39-24+/t25-,27-,28-/m1/s1. The first kappa shape index (κ1) is 35.2. The van der Waals surface area contributed by atoms with Gasteiger partial charge in [-0.1, -0.05) is 48.3 Å². The number of sulfonamides is 1. The molecule has 0 aliphatic heterocycles. The second kappa shape index (κ2) is 12.2. The maximum absolute atomic E-state index is 13.2. The van der Waals surface area contributed by atoms with Crippen molar-refractivity contribution >= 4 is 37.6 Å². The highest BCUT2D eigenvalue weighted by Crippen LogP contribution is 2.58. The van der Waals surface area contributed by atoms with Crippen LogP contribution in [-0.2, 0) is 37.4 Å². The van der Waals surface area contributed by atoms with Gasteiger partial charge in [0.25, 0.3) is 0 Å². The lowest BCUT2D eigenvalue weighted by Gasteiger charge is -2.53. The fraction of sp³-hybridized carbons (Fsp3) is 0.533. The highest BCUT2D eigenvalue weighted by Gasteiger charge is 2.56. The number of benzene rings is 2. The number of halogens is 7. The van der Waals surface area contributed by atoms with E-state index in [9.17, 15) is 44.7 Å². The monoisotopic (exact) mass is 726 g/mol. The summed E-state index contributed by atoms with van der Waals surface area (Å²) in [6, 6.07) is 4.08. The predicted octanol–water partition coefficient (Wildman–Crippen LogP) is 7.86. The minimum atomic E-state index is -5.21. The molecular formula is C30H33BrF6N2O5S. The fourth-order valence-electron chi connectivity index (χ4n) is 6.55. The van der Waals surface area contributed by atoms with Crippen LogP contribution in [0.1, 0.15) is 87.1 Å². The second-order valence-electron chi connectivity index (χ2n) is 12.3. The van der Waals surface area contributed by atoms with Crippen LogP contribution in [0.3, 0.4) is 0 Å². The number of nitrogens with zero attached hydrogens (tertiary/aromatic N) is 1. The summed E-state index contributed by atoms with van der Waals surface area (Å²) in [5, 5.41) is 14.5. The number of carbonyl (C=O) groups is 1. The van der Waals surface area contributed by atoms with Crippen LogP contribution in [0.15, 0.2) is 44.9 Å². The van der Waals surface area contributed by atoms with Crippen LogP contribution >= 0.6 is 15.9 Å². The number of oxime groups is 1. The van der Waals surface area contributed by atoms with E-state index in [0.717, 1.165) is 34.0 Å². The van der Waals surface area contributed by atoms with E-state index in [2.05, 4.69) is 28.0 Å². The van der Waals surface area contributed by atoms with E-state index in [1.54, 1.807) is 6.92 Å². The highest BCUT2D eigenvalue weighted by molar-refractivity contribution is 9.10. The predicted molar refractivity (Wildman–Crippen MR) is 157 cm³/mol. The number of aliphatic carboxylic acids is 1. The SMILES string of the molecule is CC(C)c1cc2c(cc1Br)[C@@]1(C)CCC[C@@](C)(C(=O)O)[C@@H]1C/C2=N\OCCNS(=O)(=O)c1cc(C(F)(F)F)cc(C(F)(F)F)c1. The van der Waals surface area contributed by atoms with E-state index in [4.69, 9.17) is 4.84 Å². The van der Waals surface area contributed by atoms with Gasteiger partial charge in [0.15, 0.2) is 0 Å². The van der Waals surface area contributed by atoms with Crippen LogP contribution in [0, 0.1) is 11.3 Å². The normalized spacial score (nSPS) is 24.8. The molecule has 2 aliphatic carbocycles. The molecule has 7 nitrogen and oxygen atoms in total. The molecule has 248 valence electrons. The van der Waals surface area contributed by atoms with Crippen molar-refractivity contribution in [3.8, 4) is 0 Å². The molecule has 1 saturated carbocycles. The van der Waals surface area contributed by atoms with E-state index < -0.39 is 68.3 Å². The van der Waals surface area contributed by atoms with Crippen LogP contribution in [0.4, 0.5) is 26.3 Å². The molecular weight excluding hydrogens is 694 g/mol. The Morgan fingerprint density at radius 2 is 1.67 bits per heavy atom. The Bertz CT molecular complexity index is 1590. The molecule has 0 aromatic heterocycles. The van der Waals surface area contributed by atoms with Gasteiger partial charge in [0.2, 0.25) is 10.0 Å². The van der Waals surface area contributed by atoms with Crippen molar-refractivity contribution in [3.05, 3.63) is 62.6 Å². The van der Waals surface area contributed by atoms with Crippen molar-refractivity contribution in [2.24, 2.45) is 16.5 Å². The number of rotatable bonds is 8. The molecule has 4 rings (SSSR count). The lowest BCUT2D eigenvalue weighted by molar-refractivity contribution is -0.156. The zero-order chi connectivity index (χ0) is 33.8. The van der Waals surface area contributed by atoms with Crippen LogP contribution in [0.25, 0.3) is 0 Å². The van der Waals surface area contributed by atoms with Crippen molar-refractivity contribution in [2.45, 2.75) is 82.0 Å². The average Bonchev–Trinajstić information content (AvgIpc) is 2.92. The van der Waals surface area contributed by atoms with Gasteiger partial charge < -0.3 is 9.94 Å². The zero-order valence-electron chi connectivity index (χ0n) is 24.9. The number of carboxylic acid groups (broad SMARTS) is 1. The molecule has 1 fully saturated rings. The van der Waals surface area contributed by atoms with Gasteiger partial charge in [0.1, 0.15) is 6.61 Å². The first-order valence-electron chi connectivity index (χ1n) is 14.2. The largest absolute Gasteiger partial charge is 0.481 e. The van der Waals surface area contributed by atoms with Gasteiger partial charge in [-0.25, -0.2) is 13.1 Å². The molecule has 3 atom stereocenters. The summed E-state index contributed by atoms with van der Waals surface area (Å²) in [5.41, 5.74) is -1.90. The van der Waals surface area contributed by atoms with Crippen LogP contribution in [0.5, 0.6) is 0 Å². The Morgan fingerprint density at radius 1 is 1.07 bits per heavy atom. The van der Waals surface area contributed by atoms with Crippen molar-refractivity contribution in [2.75, 3.05) is 13.2 Å². The number of carboxylic acids is 1.